The molecule has 1 aromatic rings. The van der Waals surface area contributed by atoms with Crippen LogP contribution in [0.15, 0.2) is 4.99 Å². The number of isothiocyanates is 1. The molecule has 20 heavy (non-hydrogen) atoms. The van der Waals surface area contributed by atoms with Gasteiger partial charge in [0.05, 0.1) is 17.1 Å². The molecule has 0 aliphatic heterocycles. The Morgan fingerprint density at radius 3 is 2.45 bits per heavy atom. The van der Waals surface area contributed by atoms with E-state index in [-0.39, 0.29) is 11.5 Å². The second-order valence-electron chi connectivity index (χ2n) is 3.91. The Hall–Kier alpha value is -1.56. The maximum absolute atomic E-state index is 12.4. The molecule has 0 spiro atoms. The molecule has 0 N–H and O–H groups in total. The Morgan fingerprint density at radius 1 is 1.40 bits per heavy atom. The van der Waals surface area contributed by atoms with Crippen LogP contribution in [0.1, 0.15) is 39.4 Å². The van der Waals surface area contributed by atoms with Crippen molar-refractivity contribution in [2.24, 2.45) is 4.99 Å². The molecule has 0 aromatic carbocycles. The lowest BCUT2D eigenvalue weighted by Crippen LogP contribution is -2.30. The summed E-state index contributed by atoms with van der Waals surface area (Å²) in [6, 6.07) is 0. The molecular formula is C13H16N2O3S2. The van der Waals surface area contributed by atoms with Crippen molar-refractivity contribution in [3.8, 4) is 0 Å². The molecular weight excluding hydrogens is 296 g/mol. The smallest absolute Gasteiger partial charge is 0.341 e. The highest BCUT2D eigenvalue weighted by Crippen LogP contribution is 2.36. The van der Waals surface area contributed by atoms with Crippen molar-refractivity contribution in [2.75, 3.05) is 20.2 Å². The molecule has 7 heteroatoms. The van der Waals surface area contributed by atoms with Gasteiger partial charge in [0, 0.05) is 13.1 Å². The third kappa shape index (κ3) is 3.12. The maximum atomic E-state index is 12.4. The first-order valence-electron chi connectivity index (χ1n) is 6.10. The average molecular weight is 312 g/mol. The third-order valence-electron chi connectivity index (χ3n) is 2.91. The average Bonchev–Trinajstić information content (AvgIpc) is 2.76. The molecule has 1 amide bonds. The SMILES string of the molecule is CCN(CC)C(=O)c1sc(N=C=S)c(C(=O)OC)c1C. The van der Waals surface area contributed by atoms with Gasteiger partial charge < -0.3 is 9.64 Å². The van der Waals surface area contributed by atoms with E-state index in [1.165, 1.54) is 7.11 Å². The predicted molar refractivity (Wildman–Crippen MR) is 82.3 cm³/mol. The predicted octanol–water partition coefficient (Wildman–Crippen LogP) is 3.06. The number of aliphatic imine (C=N–C) groups is 1. The lowest BCUT2D eigenvalue weighted by Gasteiger charge is -2.17. The number of methoxy groups -OCH3 is 1. The van der Waals surface area contributed by atoms with Gasteiger partial charge in [0.25, 0.3) is 5.91 Å². The van der Waals surface area contributed by atoms with Gasteiger partial charge in [-0.05, 0) is 38.6 Å². The van der Waals surface area contributed by atoms with Gasteiger partial charge >= 0.3 is 5.97 Å². The standard InChI is InChI=1S/C13H16N2O3S2/c1-5-15(6-2)12(16)10-8(3)9(13(17)18-4)11(20-10)14-7-19/h5-6H2,1-4H3. The van der Waals surface area contributed by atoms with Gasteiger partial charge in [-0.3, -0.25) is 4.79 Å². The van der Waals surface area contributed by atoms with Gasteiger partial charge in [0.15, 0.2) is 0 Å². The van der Waals surface area contributed by atoms with E-state index in [0.29, 0.717) is 28.5 Å². The first kappa shape index (κ1) is 16.5. The molecule has 0 saturated heterocycles. The van der Waals surface area contributed by atoms with E-state index in [0.717, 1.165) is 11.3 Å². The van der Waals surface area contributed by atoms with Crippen LogP contribution in [0.3, 0.4) is 0 Å². The van der Waals surface area contributed by atoms with Crippen LogP contribution in [0, 0.1) is 6.92 Å². The number of hydrogen-bond acceptors (Lipinski definition) is 6. The van der Waals surface area contributed by atoms with E-state index in [1.54, 1.807) is 11.8 Å². The van der Waals surface area contributed by atoms with E-state index >= 15 is 0 Å². The van der Waals surface area contributed by atoms with Crippen LogP contribution in [0.2, 0.25) is 0 Å². The van der Waals surface area contributed by atoms with Gasteiger partial charge in [-0.2, -0.15) is 4.99 Å². The van der Waals surface area contributed by atoms with E-state index in [1.807, 2.05) is 13.8 Å². The summed E-state index contributed by atoms with van der Waals surface area (Å²) >= 11 is 5.71. The van der Waals surface area contributed by atoms with Crippen molar-refractivity contribution in [3.63, 3.8) is 0 Å². The van der Waals surface area contributed by atoms with Crippen LogP contribution in [-0.2, 0) is 4.74 Å². The van der Waals surface area contributed by atoms with Crippen molar-refractivity contribution in [2.45, 2.75) is 20.8 Å². The molecule has 0 saturated carbocycles. The molecule has 1 rings (SSSR count). The second kappa shape index (κ2) is 7.28. The van der Waals surface area contributed by atoms with Crippen LogP contribution in [-0.4, -0.2) is 42.1 Å². The summed E-state index contributed by atoms with van der Waals surface area (Å²) in [7, 11) is 1.29. The fourth-order valence-corrected chi connectivity index (χ4v) is 3.06. The summed E-state index contributed by atoms with van der Waals surface area (Å²) in [6.45, 7) is 6.73. The minimum absolute atomic E-state index is 0.117. The van der Waals surface area contributed by atoms with Gasteiger partial charge in [-0.1, -0.05) is 0 Å². The highest BCUT2D eigenvalue weighted by atomic mass is 32.1. The van der Waals surface area contributed by atoms with Gasteiger partial charge in [0.1, 0.15) is 10.6 Å². The van der Waals surface area contributed by atoms with E-state index in [4.69, 9.17) is 4.74 Å². The molecule has 108 valence electrons. The minimum Gasteiger partial charge on any atom is -0.465 e. The summed E-state index contributed by atoms with van der Waals surface area (Å²) < 4.78 is 4.73. The van der Waals surface area contributed by atoms with E-state index < -0.39 is 5.97 Å². The molecule has 0 bridgehead atoms. The zero-order valence-electron chi connectivity index (χ0n) is 11.8. The Bertz CT molecular complexity index is 570. The zero-order valence-corrected chi connectivity index (χ0v) is 13.5. The van der Waals surface area contributed by atoms with Crippen LogP contribution in [0.5, 0.6) is 0 Å². The van der Waals surface area contributed by atoms with Gasteiger partial charge in [0.2, 0.25) is 0 Å². The largest absolute Gasteiger partial charge is 0.465 e. The quantitative estimate of drug-likeness (QED) is 0.476. The molecule has 0 unspecified atom stereocenters. The number of hydrogen-bond donors (Lipinski definition) is 0. The molecule has 1 heterocycles. The molecule has 5 nitrogen and oxygen atoms in total. The van der Waals surface area contributed by atoms with Crippen LogP contribution >= 0.6 is 23.6 Å². The zero-order chi connectivity index (χ0) is 15.3. The van der Waals surface area contributed by atoms with E-state index in [2.05, 4.69) is 22.4 Å². The number of nitrogens with zero attached hydrogens (tertiary/aromatic N) is 2. The Balaban J connectivity index is 3.40. The summed E-state index contributed by atoms with van der Waals surface area (Å²) in [4.78, 5) is 30.2. The van der Waals surface area contributed by atoms with Gasteiger partial charge in [-0.25, -0.2) is 4.79 Å². The third-order valence-corrected chi connectivity index (χ3v) is 4.17. The molecule has 0 aliphatic rings. The number of thiophene rings is 1. The number of ether oxygens (including phenoxy) is 1. The van der Waals surface area contributed by atoms with Gasteiger partial charge in [-0.15, -0.1) is 11.3 Å². The van der Waals surface area contributed by atoms with E-state index in [9.17, 15) is 9.59 Å². The Kier molecular flexibility index (Phi) is 6.01. The number of esters is 1. The summed E-state index contributed by atoms with van der Waals surface area (Å²) in [5.74, 6) is -0.644. The van der Waals surface area contributed by atoms with Crippen LogP contribution < -0.4 is 0 Å². The fourth-order valence-electron chi connectivity index (χ4n) is 1.82. The first-order chi connectivity index (χ1) is 9.51. The molecule has 1 aromatic heterocycles. The fraction of sp³-hybridized carbons (Fsp3) is 0.462. The molecule has 0 aliphatic carbocycles. The molecule has 0 atom stereocenters. The lowest BCUT2D eigenvalue weighted by atomic mass is 10.1. The second-order valence-corrected chi connectivity index (χ2v) is 5.09. The highest BCUT2D eigenvalue weighted by molar-refractivity contribution is 7.78. The van der Waals surface area contributed by atoms with Crippen molar-refractivity contribution in [3.05, 3.63) is 16.0 Å². The Labute approximate surface area is 127 Å². The lowest BCUT2D eigenvalue weighted by molar-refractivity contribution is 0.0601. The minimum atomic E-state index is -0.527. The van der Waals surface area contributed by atoms with Crippen molar-refractivity contribution in [1.82, 2.24) is 4.90 Å². The summed E-state index contributed by atoms with van der Waals surface area (Å²) in [6.07, 6.45) is 0. The van der Waals surface area contributed by atoms with Crippen LogP contribution in [0.4, 0.5) is 5.00 Å². The number of carbonyl (C=O) groups is 2. The van der Waals surface area contributed by atoms with Crippen molar-refractivity contribution >= 4 is 45.6 Å². The first-order valence-corrected chi connectivity index (χ1v) is 7.33. The highest BCUT2D eigenvalue weighted by Gasteiger charge is 2.26. The molecule has 0 radical (unpaired) electrons. The number of carbonyl (C=O) groups excluding carboxylic acids is 2. The summed E-state index contributed by atoms with van der Waals surface area (Å²) in [5.41, 5.74) is 0.855. The Morgan fingerprint density at radius 2 is 2.00 bits per heavy atom. The van der Waals surface area contributed by atoms with Crippen molar-refractivity contribution in [1.29, 1.82) is 0 Å². The monoisotopic (exact) mass is 312 g/mol. The van der Waals surface area contributed by atoms with Crippen LogP contribution in [0.25, 0.3) is 0 Å². The summed E-state index contributed by atoms with van der Waals surface area (Å²) in [5, 5.41) is 2.59. The number of rotatable bonds is 5. The number of thiocarbonyl (C=S) groups is 1. The molecule has 0 fully saturated rings. The topological polar surface area (TPSA) is 59.0 Å². The maximum Gasteiger partial charge on any atom is 0.341 e. The van der Waals surface area contributed by atoms with Crippen molar-refractivity contribution < 1.29 is 14.3 Å². The number of amides is 1. The normalized spacial score (nSPS) is 9.80.